The van der Waals surface area contributed by atoms with Gasteiger partial charge in [-0.05, 0) is 42.3 Å². The van der Waals surface area contributed by atoms with Crippen LogP contribution in [0.4, 0.5) is 4.39 Å². The molecule has 1 heterocycles. The van der Waals surface area contributed by atoms with E-state index in [4.69, 9.17) is 0 Å². The standard InChI is InChI=1S/C20H17FN2O4/c1-11(24)10-22-19(26)17-18(25)15-8-5-13(9-16(15)23(2)20(17)27)12-3-6-14(21)7-4-12/h3-9,25H,10H2,1-2H3,(H,22,26). The third kappa shape index (κ3) is 3.44. The van der Waals surface area contributed by atoms with Gasteiger partial charge in [-0.25, -0.2) is 4.39 Å². The lowest BCUT2D eigenvalue weighted by molar-refractivity contribution is -0.116. The molecule has 0 bridgehead atoms. The third-order valence-electron chi connectivity index (χ3n) is 4.27. The molecule has 0 aliphatic heterocycles. The highest BCUT2D eigenvalue weighted by atomic mass is 19.1. The zero-order valence-corrected chi connectivity index (χ0v) is 14.7. The number of fused-ring (bicyclic) bond motifs is 1. The molecule has 6 nitrogen and oxygen atoms in total. The number of aromatic nitrogens is 1. The van der Waals surface area contributed by atoms with Crippen molar-refractivity contribution < 1.29 is 19.1 Å². The Balaban J connectivity index is 2.14. The van der Waals surface area contributed by atoms with Crippen LogP contribution in [0.1, 0.15) is 17.3 Å². The number of aryl methyl sites for hydroxylation is 1. The average Bonchev–Trinajstić information content (AvgIpc) is 2.65. The molecule has 2 aromatic carbocycles. The van der Waals surface area contributed by atoms with Crippen LogP contribution in [0.2, 0.25) is 0 Å². The van der Waals surface area contributed by atoms with E-state index in [0.29, 0.717) is 10.9 Å². The number of amides is 1. The number of carbonyl (C=O) groups excluding carboxylic acids is 2. The number of rotatable bonds is 4. The van der Waals surface area contributed by atoms with Crippen LogP contribution >= 0.6 is 0 Å². The minimum Gasteiger partial charge on any atom is -0.506 e. The highest BCUT2D eigenvalue weighted by Gasteiger charge is 2.21. The first-order valence-corrected chi connectivity index (χ1v) is 8.19. The van der Waals surface area contributed by atoms with Crippen LogP contribution in [0.3, 0.4) is 0 Å². The Bertz CT molecular complexity index is 1120. The molecule has 3 rings (SSSR count). The fourth-order valence-electron chi connectivity index (χ4n) is 2.84. The fraction of sp³-hybridized carbons (Fsp3) is 0.150. The van der Waals surface area contributed by atoms with E-state index < -0.39 is 22.8 Å². The van der Waals surface area contributed by atoms with Crippen molar-refractivity contribution in [3.8, 4) is 16.9 Å². The molecule has 27 heavy (non-hydrogen) atoms. The van der Waals surface area contributed by atoms with Gasteiger partial charge in [0, 0.05) is 12.4 Å². The first kappa shape index (κ1) is 18.3. The van der Waals surface area contributed by atoms with Gasteiger partial charge in [-0.15, -0.1) is 0 Å². The molecule has 1 aromatic heterocycles. The molecular formula is C20H17FN2O4. The second kappa shape index (κ2) is 7.03. The van der Waals surface area contributed by atoms with Crippen molar-refractivity contribution in [1.82, 2.24) is 9.88 Å². The van der Waals surface area contributed by atoms with Crippen LogP contribution in [0.5, 0.6) is 5.75 Å². The van der Waals surface area contributed by atoms with Gasteiger partial charge in [0.15, 0.2) is 0 Å². The Labute approximate surface area is 153 Å². The van der Waals surface area contributed by atoms with Crippen LogP contribution in [-0.4, -0.2) is 27.9 Å². The zero-order valence-electron chi connectivity index (χ0n) is 14.7. The lowest BCUT2D eigenvalue weighted by Gasteiger charge is -2.13. The Morgan fingerprint density at radius 2 is 1.74 bits per heavy atom. The van der Waals surface area contributed by atoms with Crippen molar-refractivity contribution in [3.05, 3.63) is 64.2 Å². The van der Waals surface area contributed by atoms with E-state index >= 15 is 0 Å². The summed E-state index contributed by atoms with van der Waals surface area (Å²) in [7, 11) is 1.49. The highest BCUT2D eigenvalue weighted by Crippen LogP contribution is 2.30. The number of pyridine rings is 1. The van der Waals surface area contributed by atoms with Gasteiger partial charge in [-0.1, -0.05) is 18.2 Å². The van der Waals surface area contributed by atoms with Gasteiger partial charge in [0.05, 0.1) is 12.1 Å². The van der Waals surface area contributed by atoms with Gasteiger partial charge in [-0.2, -0.15) is 0 Å². The number of hydrogen-bond acceptors (Lipinski definition) is 4. The number of benzene rings is 2. The minimum absolute atomic E-state index is 0.233. The molecular weight excluding hydrogens is 351 g/mol. The monoisotopic (exact) mass is 368 g/mol. The number of nitrogens with zero attached hydrogens (tertiary/aromatic N) is 1. The Kier molecular flexibility index (Phi) is 4.77. The summed E-state index contributed by atoms with van der Waals surface area (Å²) in [6.45, 7) is 1.07. The molecule has 0 aliphatic carbocycles. The maximum Gasteiger partial charge on any atom is 0.267 e. The predicted octanol–water partition coefficient (Wildman–Crippen LogP) is 2.37. The second-order valence-electron chi connectivity index (χ2n) is 6.21. The van der Waals surface area contributed by atoms with Gasteiger partial charge in [0.1, 0.15) is 22.9 Å². The average molecular weight is 368 g/mol. The molecule has 1 amide bonds. The highest BCUT2D eigenvalue weighted by molar-refractivity contribution is 6.03. The summed E-state index contributed by atoms with van der Waals surface area (Å²) in [5.41, 5.74) is 0.791. The summed E-state index contributed by atoms with van der Waals surface area (Å²) in [6, 6.07) is 10.9. The minimum atomic E-state index is -0.812. The van der Waals surface area contributed by atoms with Gasteiger partial charge >= 0.3 is 0 Å². The number of Topliss-reactive ketones (excluding diaryl/α,β-unsaturated/α-hetero) is 1. The van der Waals surface area contributed by atoms with Gasteiger partial charge in [0.2, 0.25) is 0 Å². The van der Waals surface area contributed by atoms with Gasteiger partial charge < -0.3 is 15.0 Å². The Hall–Kier alpha value is -3.48. The quantitative estimate of drug-likeness (QED) is 0.740. The van der Waals surface area contributed by atoms with Crippen LogP contribution in [0.15, 0.2) is 47.3 Å². The molecule has 0 saturated heterocycles. The van der Waals surface area contributed by atoms with Crippen LogP contribution < -0.4 is 10.9 Å². The Morgan fingerprint density at radius 3 is 2.37 bits per heavy atom. The summed E-state index contributed by atoms with van der Waals surface area (Å²) in [5, 5.41) is 13.1. The smallest absolute Gasteiger partial charge is 0.267 e. The molecule has 0 saturated carbocycles. The molecule has 0 atom stereocenters. The maximum absolute atomic E-state index is 13.1. The van der Waals surface area contributed by atoms with Crippen molar-refractivity contribution in [2.75, 3.05) is 6.54 Å². The normalized spacial score (nSPS) is 10.8. The molecule has 0 fully saturated rings. The summed E-state index contributed by atoms with van der Waals surface area (Å²) in [5.74, 6) is -1.89. The van der Waals surface area contributed by atoms with E-state index in [1.807, 2.05) is 0 Å². The predicted molar refractivity (Wildman–Crippen MR) is 99.3 cm³/mol. The van der Waals surface area contributed by atoms with Crippen molar-refractivity contribution in [3.63, 3.8) is 0 Å². The van der Waals surface area contributed by atoms with Crippen LogP contribution in [0, 0.1) is 5.82 Å². The SMILES string of the molecule is CC(=O)CNC(=O)c1c(O)c2ccc(-c3ccc(F)cc3)cc2n(C)c1=O. The van der Waals surface area contributed by atoms with E-state index in [-0.39, 0.29) is 18.1 Å². The number of ketones is 1. The Morgan fingerprint density at radius 1 is 1.11 bits per heavy atom. The number of hydrogen-bond donors (Lipinski definition) is 2. The zero-order chi connectivity index (χ0) is 19.7. The lowest BCUT2D eigenvalue weighted by atomic mass is 10.0. The van der Waals surface area contributed by atoms with Crippen LogP contribution in [0.25, 0.3) is 22.0 Å². The van der Waals surface area contributed by atoms with Gasteiger partial charge in [-0.3, -0.25) is 14.4 Å². The molecule has 0 radical (unpaired) electrons. The summed E-state index contributed by atoms with van der Waals surface area (Å²) in [4.78, 5) is 35.9. The lowest BCUT2D eigenvalue weighted by Crippen LogP contribution is -2.34. The topological polar surface area (TPSA) is 88.4 Å². The van der Waals surface area contributed by atoms with E-state index in [1.165, 1.54) is 30.7 Å². The molecule has 7 heteroatoms. The number of aromatic hydroxyl groups is 1. The molecule has 138 valence electrons. The van der Waals surface area contributed by atoms with E-state index in [0.717, 1.165) is 11.1 Å². The van der Waals surface area contributed by atoms with Crippen molar-refractivity contribution in [2.45, 2.75) is 6.92 Å². The maximum atomic E-state index is 13.1. The molecule has 0 spiro atoms. The van der Waals surface area contributed by atoms with Gasteiger partial charge in [0.25, 0.3) is 11.5 Å². The molecule has 0 aliphatic rings. The molecule has 2 N–H and O–H groups in total. The first-order chi connectivity index (χ1) is 12.8. The fourth-order valence-corrected chi connectivity index (χ4v) is 2.84. The summed E-state index contributed by atoms with van der Waals surface area (Å²) >= 11 is 0. The van der Waals surface area contributed by atoms with Crippen molar-refractivity contribution in [2.24, 2.45) is 7.05 Å². The molecule has 3 aromatic rings. The first-order valence-electron chi connectivity index (χ1n) is 8.19. The number of nitrogens with one attached hydrogen (secondary N) is 1. The van der Waals surface area contributed by atoms with Crippen LogP contribution in [-0.2, 0) is 11.8 Å². The number of halogens is 1. The molecule has 0 unspecified atom stereocenters. The second-order valence-corrected chi connectivity index (χ2v) is 6.21. The third-order valence-corrected chi connectivity index (χ3v) is 4.27. The summed E-state index contributed by atoms with van der Waals surface area (Å²) < 4.78 is 14.4. The van der Waals surface area contributed by atoms with E-state index in [2.05, 4.69) is 5.32 Å². The van der Waals surface area contributed by atoms with Crippen molar-refractivity contribution in [1.29, 1.82) is 0 Å². The van der Waals surface area contributed by atoms with Crippen molar-refractivity contribution >= 4 is 22.6 Å². The van der Waals surface area contributed by atoms with E-state index in [9.17, 15) is 23.9 Å². The van der Waals surface area contributed by atoms with E-state index in [1.54, 1.807) is 30.3 Å². The largest absolute Gasteiger partial charge is 0.506 e. The summed E-state index contributed by atoms with van der Waals surface area (Å²) in [6.07, 6.45) is 0. The number of carbonyl (C=O) groups is 2.